The molecule has 3 heterocycles. The minimum Gasteiger partial charge on any atom is -0.337 e. The molecule has 2 unspecified atom stereocenters. The molecule has 2 atom stereocenters. The number of nitrogens with zero attached hydrogens (tertiary/aromatic N) is 4. The van der Waals surface area contributed by atoms with Gasteiger partial charge in [-0.25, -0.2) is 0 Å². The second-order valence-corrected chi connectivity index (χ2v) is 7.25. The van der Waals surface area contributed by atoms with Crippen molar-refractivity contribution >= 4 is 5.91 Å². The van der Waals surface area contributed by atoms with E-state index < -0.39 is 0 Å². The van der Waals surface area contributed by atoms with E-state index in [2.05, 4.69) is 58.6 Å². The van der Waals surface area contributed by atoms with E-state index in [1.807, 2.05) is 4.90 Å². The molecule has 0 saturated carbocycles. The number of carbonyl (C=O) groups excluding carboxylic acids is 1. The lowest BCUT2D eigenvalue weighted by molar-refractivity contribution is -0.129. The van der Waals surface area contributed by atoms with Crippen molar-refractivity contribution in [2.75, 3.05) is 26.7 Å². The fourth-order valence-electron chi connectivity index (χ4n) is 3.69. The first-order chi connectivity index (χ1) is 12.6. The number of amides is 1. The van der Waals surface area contributed by atoms with Crippen LogP contribution in [0.4, 0.5) is 0 Å². The van der Waals surface area contributed by atoms with E-state index in [0.717, 1.165) is 31.6 Å². The lowest BCUT2D eigenvalue weighted by Crippen LogP contribution is -2.44. The Labute approximate surface area is 153 Å². The van der Waals surface area contributed by atoms with Crippen LogP contribution >= 0.6 is 0 Å². The zero-order chi connectivity index (χ0) is 18.1. The molecule has 1 aromatic carbocycles. The number of nitrogens with one attached hydrogen (secondary N) is 1. The predicted molar refractivity (Wildman–Crippen MR) is 96.2 cm³/mol. The van der Waals surface area contributed by atoms with Crippen LogP contribution in [0.15, 0.2) is 28.8 Å². The molecule has 1 amide bonds. The van der Waals surface area contributed by atoms with E-state index >= 15 is 0 Å². The van der Waals surface area contributed by atoms with Crippen LogP contribution in [0.25, 0.3) is 0 Å². The fraction of sp³-hybridized carbons (Fsp3) is 0.526. The van der Waals surface area contributed by atoms with E-state index in [1.165, 1.54) is 5.56 Å². The van der Waals surface area contributed by atoms with Crippen molar-refractivity contribution in [3.8, 4) is 0 Å². The van der Waals surface area contributed by atoms with Gasteiger partial charge in [-0.2, -0.15) is 4.98 Å². The highest BCUT2D eigenvalue weighted by Crippen LogP contribution is 2.34. The number of benzene rings is 1. The van der Waals surface area contributed by atoms with Gasteiger partial charge in [0.15, 0.2) is 5.82 Å². The molecule has 2 aliphatic heterocycles. The Balaban J connectivity index is 1.52. The molecule has 2 aromatic rings. The number of likely N-dealkylation sites (N-methyl/N-ethyl adjacent to an activating group) is 1. The molecule has 4 rings (SSSR count). The van der Waals surface area contributed by atoms with Crippen LogP contribution in [0.2, 0.25) is 0 Å². The Hall–Kier alpha value is -2.25. The van der Waals surface area contributed by atoms with Gasteiger partial charge in [0.25, 0.3) is 0 Å². The molecule has 2 aliphatic rings. The number of aromatic nitrogens is 2. The van der Waals surface area contributed by atoms with Crippen LogP contribution in [-0.4, -0.2) is 52.5 Å². The SMILES string of the molecule is Cc1ccc(CN2C(=O)CCC2c2nc(C3CNCCN3C)no2)cc1. The first-order valence-corrected chi connectivity index (χ1v) is 9.21. The highest BCUT2D eigenvalue weighted by molar-refractivity contribution is 5.78. The third kappa shape index (κ3) is 3.37. The Kier molecular flexibility index (Phi) is 4.74. The Morgan fingerprint density at radius 2 is 2.08 bits per heavy atom. The van der Waals surface area contributed by atoms with E-state index in [4.69, 9.17) is 4.52 Å². The van der Waals surface area contributed by atoms with Gasteiger partial charge in [-0.15, -0.1) is 0 Å². The van der Waals surface area contributed by atoms with E-state index in [-0.39, 0.29) is 18.0 Å². The molecule has 0 aliphatic carbocycles. The quantitative estimate of drug-likeness (QED) is 0.902. The summed E-state index contributed by atoms with van der Waals surface area (Å²) in [5.74, 6) is 1.40. The van der Waals surface area contributed by atoms with Crippen LogP contribution in [0, 0.1) is 6.92 Å². The van der Waals surface area contributed by atoms with Crippen molar-refractivity contribution in [1.29, 1.82) is 0 Å². The Bertz CT molecular complexity index is 772. The molecule has 0 bridgehead atoms. The zero-order valence-electron chi connectivity index (χ0n) is 15.3. The van der Waals surface area contributed by atoms with Gasteiger partial charge in [0.1, 0.15) is 6.04 Å². The average Bonchev–Trinajstić information content (AvgIpc) is 3.25. The van der Waals surface area contributed by atoms with E-state index in [1.54, 1.807) is 0 Å². The molecule has 1 N–H and O–H groups in total. The molecule has 7 heteroatoms. The standard InChI is InChI=1S/C19H25N5O2/c1-13-3-5-14(6-4-13)12-24-15(7-8-17(24)25)19-21-18(22-26-19)16-11-20-9-10-23(16)2/h3-6,15-16,20H,7-12H2,1-2H3. The van der Waals surface area contributed by atoms with Crippen LogP contribution in [0.1, 0.15) is 47.8 Å². The van der Waals surface area contributed by atoms with Crippen molar-refractivity contribution in [3.63, 3.8) is 0 Å². The van der Waals surface area contributed by atoms with Gasteiger partial charge >= 0.3 is 0 Å². The van der Waals surface area contributed by atoms with Gasteiger partial charge in [0, 0.05) is 32.6 Å². The van der Waals surface area contributed by atoms with Gasteiger partial charge in [-0.3, -0.25) is 9.69 Å². The van der Waals surface area contributed by atoms with E-state index in [9.17, 15) is 4.79 Å². The number of likely N-dealkylation sites (tertiary alicyclic amines) is 1. The van der Waals surface area contributed by atoms with Gasteiger partial charge < -0.3 is 14.7 Å². The summed E-state index contributed by atoms with van der Waals surface area (Å²) in [5, 5.41) is 7.57. The third-order valence-corrected chi connectivity index (χ3v) is 5.35. The molecular weight excluding hydrogens is 330 g/mol. The first-order valence-electron chi connectivity index (χ1n) is 9.21. The average molecular weight is 355 g/mol. The maximum Gasteiger partial charge on any atom is 0.249 e. The smallest absolute Gasteiger partial charge is 0.249 e. The summed E-state index contributed by atoms with van der Waals surface area (Å²) in [6, 6.07) is 8.26. The largest absolute Gasteiger partial charge is 0.337 e. The fourth-order valence-corrected chi connectivity index (χ4v) is 3.69. The van der Waals surface area contributed by atoms with Crippen LogP contribution in [0.5, 0.6) is 0 Å². The molecule has 7 nitrogen and oxygen atoms in total. The van der Waals surface area contributed by atoms with Gasteiger partial charge in [0.05, 0.1) is 6.04 Å². The molecule has 0 spiro atoms. The summed E-state index contributed by atoms with van der Waals surface area (Å²) in [5.41, 5.74) is 2.33. The van der Waals surface area contributed by atoms with Crippen molar-refractivity contribution in [2.24, 2.45) is 0 Å². The minimum absolute atomic E-state index is 0.115. The van der Waals surface area contributed by atoms with Crippen molar-refractivity contribution in [2.45, 2.75) is 38.4 Å². The lowest BCUT2D eigenvalue weighted by atomic mass is 10.1. The Morgan fingerprint density at radius 1 is 1.27 bits per heavy atom. The second kappa shape index (κ2) is 7.17. The normalized spacial score (nSPS) is 24.4. The number of hydrogen-bond acceptors (Lipinski definition) is 6. The number of piperazine rings is 1. The summed E-state index contributed by atoms with van der Waals surface area (Å²) in [6.07, 6.45) is 1.25. The molecule has 2 saturated heterocycles. The number of carbonyl (C=O) groups is 1. The van der Waals surface area contributed by atoms with E-state index in [0.29, 0.717) is 24.7 Å². The first kappa shape index (κ1) is 17.2. The monoisotopic (exact) mass is 355 g/mol. The number of hydrogen-bond donors (Lipinski definition) is 1. The highest BCUT2D eigenvalue weighted by Gasteiger charge is 2.37. The molecule has 138 valence electrons. The van der Waals surface area contributed by atoms with Crippen LogP contribution in [-0.2, 0) is 11.3 Å². The van der Waals surface area contributed by atoms with Crippen molar-refractivity contribution in [3.05, 3.63) is 47.1 Å². The summed E-state index contributed by atoms with van der Waals surface area (Å²) >= 11 is 0. The summed E-state index contributed by atoms with van der Waals surface area (Å²) in [4.78, 5) is 21.2. The molecule has 26 heavy (non-hydrogen) atoms. The topological polar surface area (TPSA) is 74.5 Å². The highest BCUT2D eigenvalue weighted by atomic mass is 16.5. The van der Waals surface area contributed by atoms with Crippen LogP contribution < -0.4 is 5.32 Å². The minimum atomic E-state index is -0.132. The number of rotatable bonds is 4. The summed E-state index contributed by atoms with van der Waals surface area (Å²) in [6.45, 7) is 5.37. The predicted octanol–water partition coefficient (Wildman–Crippen LogP) is 1.82. The van der Waals surface area contributed by atoms with Gasteiger partial charge in [-0.1, -0.05) is 35.0 Å². The third-order valence-electron chi connectivity index (χ3n) is 5.35. The molecule has 1 aromatic heterocycles. The molecule has 0 radical (unpaired) electrons. The van der Waals surface area contributed by atoms with Crippen molar-refractivity contribution < 1.29 is 9.32 Å². The Morgan fingerprint density at radius 3 is 2.85 bits per heavy atom. The maximum atomic E-state index is 12.4. The second-order valence-electron chi connectivity index (χ2n) is 7.25. The summed E-state index contributed by atoms with van der Waals surface area (Å²) in [7, 11) is 2.07. The summed E-state index contributed by atoms with van der Waals surface area (Å²) < 4.78 is 5.58. The molecule has 2 fully saturated rings. The van der Waals surface area contributed by atoms with Gasteiger partial charge in [0.2, 0.25) is 11.8 Å². The molecular formula is C19H25N5O2. The zero-order valence-corrected chi connectivity index (χ0v) is 15.3. The maximum absolute atomic E-state index is 12.4. The van der Waals surface area contributed by atoms with Crippen LogP contribution in [0.3, 0.4) is 0 Å². The van der Waals surface area contributed by atoms with Crippen molar-refractivity contribution in [1.82, 2.24) is 25.3 Å². The van der Waals surface area contributed by atoms with Gasteiger partial charge in [-0.05, 0) is 26.0 Å². The number of aryl methyl sites for hydroxylation is 1. The lowest BCUT2D eigenvalue weighted by Gasteiger charge is -2.30.